The Kier molecular flexibility index (Phi) is 9.04. The first-order valence-electron chi connectivity index (χ1n) is 28.0. The fourth-order valence-electron chi connectivity index (χ4n) is 15.0. The molecule has 0 amide bonds. The molecule has 0 heteroatoms. The van der Waals surface area contributed by atoms with Gasteiger partial charge in [-0.25, -0.2) is 0 Å². The number of benzene rings is 15. The van der Waals surface area contributed by atoms with E-state index in [-0.39, 0.29) is 0 Å². The van der Waals surface area contributed by atoms with Crippen LogP contribution in [0.25, 0.3) is 187 Å². The van der Waals surface area contributed by atoms with Crippen LogP contribution in [0.1, 0.15) is 0 Å². The van der Waals surface area contributed by atoms with Crippen LogP contribution in [0.15, 0.2) is 279 Å². The minimum absolute atomic E-state index is 1.23. The molecule has 15 aromatic carbocycles. The van der Waals surface area contributed by atoms with E-state index in [0.717, 1.165) is 0 Å². The average Bonchev–Trinajstić information content (AvgIpc) is 4.37. The number of fused-ring (bicyclic) bond motifs is 11. The third-order valence-corrected chi connectivity index (χ3v) is 18.1. The van der Waals surface area contributed by atoms with Crippen molar-refractivity contribution >= 4 is 53.9 Å². The fraction of sp³-hybridized carbons (Fsp3) is 0. The fourth-order valence-corrected chi connectivity index (χ4v) is 15.0. The molecule has 0 saturated heterocycles. The summed E-state index contributed by atoms with van der Waals surface area (Å²) in [5.74, 6) is 0. The van der Waals surface area contributed by atoms with E-state index in [9.17, 15) is 0 Å². The summed E-state index contributed by atoms with van der Waals surface area (Å²) in [6, 6.07) is 105. The van der Waals surface area contributed by atoms with Crippen LogP contribution >= 0.6 is 0 Å². The molecule has 0 unspecified atom stereocenters. The van der Waals surface area contributed by atoms with Gasteiger partial charge in [-0.05, 0) is 193 Å². The van der Waals surface area contributed by atoms with E-state index < -0.39 is 0 Å². The molecule has 0 nitrogen and oxygen atoms in total. The van der Waals surface area contributed by atoms with Gasteiger partial charge in [0.2, 0.25) is 0 Å². The quantitative estimate of drug-likeness (QED) is 0.156. The molecule has 0 fully saturated rings. The van der Waals surface area contributed by atoms with Crippen LogP contribution in [0.2, 0.25) is 0 Å². The first-order valence-corrected chi connectivity index (χ1v) is 28.0. The first kappa shape index (κ1) is 43.7. The Morgan fingerprint density at radius 2 is 0.400 bits per heavy atom. The molecular weight excluding hydrogens is 961 g/mol. The van der Waals surface area contributed by atoms with Gasteiger partial charge < -0.3 is 0 Å². The molecule has 0 atom stereocenters. The zero-order chi connectivity index (χ0) is 52.2. The second-order valence-electron chi connectivity index (χ2n) is 22.0. The van der Waals surface area contributed by atoms with Gasteiger partial charge in [-0.15, -0.1) is 0 Å². The summed E-state index contributed by atoms with van der Waals surface area (Å²) in [6.45, 7) is 0. The van der Waals surface area contributed by atoms with E-state index in [1.165, 1.54) is 187 Å². The highest BCUT2D eigenvalue weighted by Gasteiger charge is 2.34. The first-order chi connectivity index (χ1) is 39.8. The molecule has 0 aromatic heterocycles. The van der Waals surface area contributed by atoms with Gasteiger partial charge in [0.25, 0.3) is 0 Å². The predicted molar refractivity (Wildman–Crippen MR) is 340 cm³/mol. The van der Waals surface area contributed by atoms with Crippen LogP contribution < -0.4 is 0 Å². The third kappa shape index (κ3) is 5.89. The van der Waals surface area contributed by atoms with Crippen molar-refractivity contribution in [3.63, 3.8) is 0 Å². The summed E-state index contributed by atoms with van der Waals surface area (Å²) in [7, 11) is 0. The van der Waals surface area contributed by atoms with Crippen LogP contribution in [0.3, 0.4) is 0 Å². The molecule has 0 radical (unpaired) electrons. The molecule has 15 aromatic rings. The second kappa shape index (κ2) is 16.6. The minimum Gasteiger partial charge on any atom is -0.0622 e. The van der Waals surface area contributed by atoms with Gasteiger partial charge >= 0.3 is 0 Å². The zero-order valence-corrected chi connectivity index (χ0v) is 43.6. The molecule has 0 saturated carbocycles. The van der Waals surface area contributed by atoms with Crippen molar-refractivity contribution in [3.8, 4) is 134 Å². The Balaban J connectivity index is 0.807. The summed E-state index contributed by atoms with van der Waals surface area (Å²) in [5, 5.41) is 12.9. The van der Waals surface area contributed by atoms with E-state index in [1.807, 2.05) is 0 Å². The summed E-state index contributed by atoms with van der Waals surface area (Å²) in [6.07, 6.45) is 0. The molecule has 0 bridgehead atoms. The minimum atomic E-state index is 1.23. The lowest BCUT2D eigenvalue weighted by Crippen LogP contribution is -1.93. The topological polar surface area (TPSA) is 0 Å². The molecule has 366 valence electrons. The maximum atomic E-state index is 2.48. The molecule has 0 heterocycles. The molecule has 0 aliphatic heterocycles. The molecule has 0 N–H and O–H groups in total. The van der Waals surface area contributed by atoms with Gasteiger partial charge in [0.05, 0.1) is 0 Å². The van der Waals surface area contributed by atoms with Gasteiger partial charge in [0, 0.05) is 0 Å². The average molecular weight is 1010 g/mol. The maximum Gasteiger partial charge on any atom is -0.000741 e. The van der Waals surface area contributed by atoms with Gasteiger partial charge in [-0.2, -0.15) is 0 Å². The van der Waals surface area contributed by atoms with Crippen LogP contribution in [0, 0.1) is 0 Å². The predicted octanol–water partition coefficient (Wildman–Crippen LogP) is 22.4. The van der Waals surface area contributed by atoms with E-state index in [1.54, 1.807) is 0 Å². The lowest BCUT2D eigenvalue weighted by atomic mass is 9.82. The maximum absolute atomic E-state index is 2.48. The van der Waals surface area contributed by atoms with Crippen molar-refractivity contribution in [2.75, 3.05) is 0 Å². The Bertz CT molecular complexity index is 5000. The standard InChI is InChI=1S/C80H46/c1-5-20-47(21-6-1)70-59-28-13-15-30-61(59)72(49-24-9-3-10-25-49)79-67-44-40-52(56-32-18-36-65(75(56)67)77(70)79)51-38-39-55-64-43-41-53(57-33-17-35-63(74(57)64)69(55)46-51)54-42-45-68-76-58(54)34-19-37-66(76)78-71(48-22-7-2-8-23-48)60-29-14-16-31-62(60)73(80(68)78)50-26-11-4-12-27-50/h1-46H. The smallest absolute Gasteiger partial charge is 0.000741 e. The molecule has 80 heavy (non-hydrogen) atoms. The van der Waals surface area contributed by atoms with Crippen molar-refractivity contribution in [2.24, 2.45) is 0 Å². The molecule has 0 spiro atoms. The Morgan fingerprint density at radius 1 is 0.125 bits per heavy atom. The largest absolute Gasteiger partial charge is 0.0622 e. The van der Waals surface area contributed by atoms with Crippen LogP contribution in [-0.2, 0) is 0 Å². The monoisotopic (exact) mass is 1010 g/mol. The Morgan fingerprint density at radius 3 is 0.812 bits per heavy atom. The van der Waals surface area contributed by atoms with Gasteiger partial charge in [-0.3, -0.25) is 0 Å². The van der Waals surface area contributed by atoms with Crippen molar-refractivity contribution in [3.05, 3.63) is 279 Å². The highest BCUT2D eigenvalue weighted by atomic mass is 14.4. The highest BCUT2D eigenvalue weighted by molar-refractivity contribution is 6.31. The Labute approximate surface area is 463 Å². The summed E-state index contributed by atoms with van der Waals surface area (Å²) >= 11 is 0. The zero-order valence-electron chi connectivity index (χ0n) is 43.6. The summed E-state index contributed by atoms with van der Waals surface area (Å²) in [4.78, 5) is 0. The van der Waals surface area contributed by atoms with E-state index >= 15 is 0 Å². The van der Waals surface area contributed by atoms with Crippen LogP contribution in [0.4, 0.5) is 0 Å². The van der Waals surface area contributed by atoms with Crippen molar-refractivity contribution in [2.45, 2.75) is 0 Å². The van der Waals surface area contributed by atoms with Gasteiger partial charge in [-0.1, -0.05) is 273 Å². The summed E-state index contributed by atoms with van der Waals surface area (Å²) in [5.41, 5.74) is 30.9. The van der Waals surface area contributed by atoms with Gasteiger partial charge in [0.15, 0.2) is 0 Å². The van der Waals surface area contributed by atoms with Gasteiger partial charge in [0.1, 0.15) is 0 Å². The normalized spacial score (nSPS) is 12.2. The number of rotatable bonds is 6. The summed E-state index contributed by atoms with van der Waals surface area (Å²) < 4.78 is 0. The number of hydrogen-bond donors (Lipinski definition) is 0. The molecule has 3 aliphatic carbocycles. The highest BCUT2D eigenvalue weighted by Crippen LogP contribution is 2.61. The van der Waals surface area contributed by atoms with Crippen LogP contribution in [0.5, 0.6) is 0 Å². The van der Waals surface area contributed by atoms with E-state index in [4.69, 9.17) is 0 Å². The third-order valence-electron chi connectivity index (χ3n) is 18.1. The lowest BCUT2D eigenvalue weighted by molar-refractivity contribution is 1.62. The van der Waals surface area contributed by atoms with E-state index in [0.29, 0.717) is 0 Å². The SMILES string of the molecule is c1ccc(-c2c3c(c(-c4ccccc4)c4ccccc24)-c2ccc(-c4ccc5c(c4)-c4cccc6c(-c7ccc8c9c(cccc79)-c7c-8c(-c8ccccc8)c8ccccc8c7-c7ccccc7)ccc-5c46)c4cccc-3c24)cc1. The Hall–Kier alpha value is -10.4. The molecule has 18 rings (SSSR count). The number of hydrogen-bond acceptors (Lipinski definition) is 0. The van der Waals surface area contributed by atoms with Crippen LogP contribution in [-0.4, -0.2) is 0 Å². The lowest BCUT2D eigenvalue weighted by Gasteiger charge is -2.20. The molecule has 3 aliphatic rings. The van der Waals surface area contributed by atoms with E-state index in [2.05, 4.69) is 279 Å². The van der Waals surface area contributed by atoms with Crippen molar-refractivity contribution < 1.29 is 0 Å². The molecular formula is C80H46. The van der Waals surface area contributed by atoms with Crippen molar-refractivity contribution in [1.82, 2.24) is 0 Å². The second-order valence-corrected chi connectivity index (χ2v) is 22.0. The van der Waals surface area contributed by atoms with Crippen molar-refractivity contribution in [1.29, 1.82) is 0 Å².